The molecule has 0 aromatic rings. The molecule has 1 N–H and O–H groups in total. The normalized spacial score (nSPS) is 23.7. The van der Waals surface area contributed by atoms with Crippen molar-refractivity contribution >= 4 is 29.1 Å². The molecule has 0 spiro atoms. The first-order valence-corrected chi connectivity index (χ1v) is 6.75. The fourth-order valence-electron chi connectivity index (χ4n) is 1.60. The summed E-state index contributed by atoms with van der Waals surface area (Å²) in [5.41, 5.74) is 0. The molecule has 3 nitrogen and oxygen atoms in total. The van der Waals surface area contributed by atoms with Crippen LogP contribution in [0.3, 0.4) is 0 Å². The SMILES string of the molecule is COCC(C)NC(=S)N1CCSC(C)C1. The number of hydrogen-bond donors (Lipinski definition) is 1. The molecule has 0 aliphatic carbocycles. The number of nitrogens with zero attached hydrogens (tertiary/aromatic N) is 1. The van der Waals surface area contributed by atoms with Crippen LogP contribution >= 0.6 is 24.0 Å². The molecule has 1 aliphatic heterocycles. The van der Waals surface area contributed by atoms with Crippen molar-refractivity contribution in [2.45, 2.75) is 25.1 Å². The summed E-state index contributed by atoms with van der Waals surface area (Å²) < 4.78 is 5.07. The van der Waals surface area contributed by atoms with Gasteiger partial charge in [0, 0.05) is 37.2 Å². The second-order valence-corrected chi connectivity index (χ2v) is 5.87. The number of thiocarbonyl (C=S) groups is 1. The molecule has 5 heteroatoms. The lowest BCUT2D eigenvalue weighted by Gasteiger charge is -2.33. The van der Waals surface area contributed by atoms with E-state index in [4.69, 9.17) is 17.0 Å². The van der Waals surface area contributed by atoms with E-state index in [2.05, 4.69) is 24.1 Å². The van der Waals surface area contributed by atoms with Crippen molar-refractivity contribution in [3.05, 3.63) is 0 Å². The maximum absolute atomic E-state index is 5.37. The third-order valence-electron chi connectivity index (χ3n) is 2.31. The second-order valence-electron chi connectivity index (χ2n) is 3.93. The summed E-state index contributed by atoms with van der Waals surface area (Å²) in [7, 11) is 1.71. The molecule has 1 saturated heterocycles. The van der Waals surface area contributed by atoms with Gasteiger partial charge in [-0.25, -0.2) is 0 Å². The van der Waals surface area contributed by atoms with Gasteiger partial charge in [-0.3, -0.25) is 0 Å². The maximum Gasteiger partial charge on any atom is 0.169 e. The second kappa shape index (κ2) is 6.55. The minimum atomic E-state index is 0.285. The quantitative estimate of drug-likeness (QED) is 0.760. The van der Waals surface area contributed by atoms with E-state index in [0.29, 0.717) is 11.9 Å². The lowest BCUT2D eigenvalue weighted by molar-refractivity contribution is 0.178. The molecule has 0 amide bonds. The standard InChI is InChI=1S/C10H20N2OS2/c1-8(7-13-3)11-10(14)12-4-5-15-9(2)6-12/h8-9H,4-7H2,1-3H3,(H,11,14). The number of rotatable bonds is 3. The third-order valence-corrected chi connectivity index (χ3v) is 3.83. The monoisotopic (exact) mass is 248 g/mol. The van der Waals surface area contributed by atoms with Gasteiger partial charge in [-0.15, -0.1) is 0 Å². The van der Waals surface area contributed by atoms with Gasteiger partial charge in [0.15, 0.2) is 5.11 Å². The van der Waals surface area contributed by atoms with Crippen LogP contribution in [0.4, 0.5) is 0 Å². The van der Waals surface area contributed by atoms with Gasteiger partial charge in [0.25, 0.3) is 0 Å². The largest absolute Gasteiger partial charge is 0.383 e. The van der Waals surface area contributed by atoms with Gasteiger partial charge in [-0.05, 0) is 19.1 Å². The Morgan fingerprint density at radius 3 is 3.07 bits per heavy atom. The first kappa shape index (κ1) is 13.1. The van der Waals surface area contributed by atoms with E-state index in [1.807, 2.05) is 11.8 Å². The van der Waals surface area contributed by atoms with Crippen LogP contribution in [0.5, 0.6) is 0 Å². The minimum Gasteiger partial charge on any atom is -0.383 e. The summed E-state index contributed by atoms with van der Waals surface area (Å²) in [5, 5.41) is 4.84. The van der Waals surface area contributed by atoms with E-state index < -0.39 is 0 Å². The molecule has 0 aromatic carbocycles. The molecule has 1 heterocycles. The summed E-state index contributed by atoms with van der Waals surface area (Å²) in [6.07, 6.45) is 0. The van der Waals surface area contributed by atoms with Crippen LogP contribution in [0.2, 0.25) is 0 Å². The molecule has 15 heavy (non-hydrogen) atoms. The highest BCUT2D eigenvalue weighted by molar-refractivity contribution is 8.00. The Morgan fingerprint density at radius 1 is 1.73 bits per heavy atom. The van der Waals surface area contributed by atoms with Crippen LogP contribution in [-0.4, -0.2) is 53.9 Å². The Morgan fingerprint density at radius 2 is 2.47 bits per heavy atom. The van der Waals surface area contributed by atoms with E-state index in [9.17, 15) is 0 Å². The molecule has 0 radical (unpaired) electrons. The van der Waals surface area contributed by atoms with Gasteiger partial charge in [-0.1, -0.05) is 6.92 Å². The Balaban J connectivity index is 2.32. The zero-order chi connectivity index (χ0) is 11.3. The van der Waals surface area contributed by atoms with Crippen molar-refractivity contribution in [1.82, 2.24) is 10.2 Å². The smallest absolute Gasteiger partial charge is 0.169 e. The summed E-state index contributed by atoms with van der Waals surface area (Å²) in [6.45, 7) is 7.13. The molecular weight excluding hydrogens is 228 g/mol. The van der Waals surface area contributed by atoms with E-state index in [0.717, 1.165) is 18.2 Å². The molecule has 0 saturated carbocycles. The van der Waals surface area contributed by atoms with Gasteiger partial charge in [0.2, 0.25) is 0 Å². The van der Waals surface area contributed by atoms with Crippen LogP contribution in [0.15, 0.2) is 0 Å². The molecule has 1 rings (SSSR count). The van der Waals surface area contributed by atoms with E-state index >= 15 is 0 Å². The van der Waals surface area contributed by atoms with Crippen molar-refractivity contribution in [2.75, 3.05) is 32.6 Å². The average molecular weight is 248 g/mol. The maximum atomic E-state index is 5.37. The number of hydrogen-bond acceptors (Lipinski definition) is 3. The number of ether oxygens (including phenoxy) is 1. The van der Waals surface area contributed by atoms with Gasteiger partial charge in [0.05, 0.1) is 6.61 Å². The van der Waals surface area contributed by atoms with Crippen LogP contribution in [0.1, 0.15) is 13.8 Å². The average Bonchev–Trinajstić information content (AvgIpc) is 2.18. The van der Waals surface area contributed by atoms with Gasteiger partial charge in [0.1, 0.15) is 0 Å². The Hall–Kier alpha value is 0. The topological polar surface area (TPSA) is 24.5 Å². The number of methoxy groups -OCH3 is 1. The molecule has 0 bridgehead atoms. The molecule has 88 valence electrons. The third kappa shape index (κ3) is 4.57. The van der Waals surface area contributed by atoms with Crippen molar-refractivity contribution in [1.29, 1.82) is 0 Å². The molecule has 2 unspecified atom stereocenters. The highest BCUT2D eigenvalue weighted by atomic mass is 32.2. The van der Waals surface area contributed by atoms with E-state index in [1.165, 1.54) is 5.75 Å². The van der Waals surface area contributed by atoms with Crippen LogP contribution < -0.4 is 5.32 Å². The molecule has 2 atom stereocenters. The summed E-state index contributed by atoms with van der Waals surface area (Å²) in [4.78, 5) is 2.25. The number of nitrogens with one attached hydrogen (secondary N) is 1. The van der Waals surface area contributed by atoms with Crippen LogP contribution in [0.25, 0.3) is 0 Å². The minimum absolute atomic E-state index is 0.285. The Bertz CT molecular complexity index is 214. The summed E-state index contributed by atoms with van der Waals surface area (Å²) >= 11 is 7.38. The predicted molar refractivity (Wildman–Crippen MR) is 70.6 cm³/mol. The number of thioether (sulfide) groups is 1. The Kier molecular flexibility index (Phi) is 5.71. The fourth-order valence-corrected chi connectivity index (χ4v) is 2.98. The molecule has 1 fully saturated rings. The van der Waals surface area contributed by atoms with Crippen molar-refractivity contribution in [3.63, 3.8) is 0 Å². The van der Waals surface area contributed by atoms with E-state index in [-0.39, 0.29) is 6.04 Å². The first-order valence-electron chi connectivity index (χ1n) is 5.29. The lowest BCUT2D eigenvalue weighted by Crippen LogP contribution is -2.49. The first-order chi connectivity index (χ1) is 7.13. The molecule has 0 aromatic heterocycles. The van der Waals surface area contributed by atoms with Crippen molar-refractivity contribution < 1.29 is 4.74 Å². The van der Waals surface area contributed by atoms with Crippen LogP contribution in [-0.2, 0) is 4.74 Å². The van der Waals surface area contributed by atoms with E-state index in [1.54, 1.807) is 7.11 Å². The van der Waals surface area contributed by atoms with Gasteiger partial charge >= 0.3 is 0 Å². The highest BCUT2D eigenvalue weighted by Gasteiger charge is 2.19. The molecular formula is C10H20N2OS2. The zero-order valence-corrected chi connectivity index (χ0v) is 11.3. The zero-order valence-electron chi connectivity index (χ0n) is 9.66. The van der Waals surface area contributed by atoms with Gasteiger partial charge < -0.3 is 15.0 Å². The Labute approximate surface area is 102 Å². The van der Waals surface area contributed by atoms with Gasteiger partial charge in [-0.2, -0.15) is 11.8 Å². The lowest BCUT2D eigenvalue weighted by atomic mass is 10.3. The highest BCUT2D eigenvalue weighted by Crippen LogP contribution is 2.17. The van der Waals surface area contributed by atoms with Crippen molar-refractivity contribution in [2.24, 2.45) is 0 Å². The van der Waals surface area contributed by atoms with Crippen LogP contribution in [0, 0.1) is 0 Å². The van der Waals surface area contributed by atoms with Crippen molar-refractivity contribution in [3.8, 4) is 0 Å². The summed E-state index contributed by atoms with van der Waals surface area (Å²) in [5.74, 6) is 1.17. The fraction of sp³-hybridized carbons (Fsp3) is 0.900. The molecule has 1 aliphatic rings. The summed E-state index contributed by atoms with van der Waals surface area (Å²) in [6, 6.07) is 0.285. The predicted octanol–water partition coefficient (Wildman–Crippen LogP) is 1.33.